The van der Waals surface area contributed by atoms with Crippen LogP contribution in [0.25, 0.3) is 0 Å². The number of carbonyl (C=O) groups excluding carboxylic acids is 1. The Labute approximate surface area is 128 Å². The molecule has 0 unspecified atom stereocenters. The molecule has 0 spiro atoms. The zero-order chi connectivity index (χ0) is 16.2. The summed E-state index contributed by atoms with van der Waals surface area (Å²) in [6.07, 6.45) is -2.28. The number of carbonyl (C=O) groups is 1. The largest absolute Gasteiger partial charge is 0.391 e. The molecule has 1 aliphatic carbocycles. The lowest BCUT2D eigenvalue weighted by Gasteiger charge is -2.31. The second-order valence-corrected chi connectivity index (χ2v) is 5.86. The van der Waals surface area contributed by atoms with E-state index in [-0.39, 0.29) is 24.8 Å². The number of hydrogen-bond acceptors (Lipinski definition) is 2. The van der Waals surface area contributed by atoms with Gasteiger partial charge in [-0.25, -0.2) is 0 Å². The fraction of sp³-hybridized carbons (Fsp3) is 0.562. The van der Waals surface area contributed by atoms with Crippen molar-refractivity contribution in [3.05, 3.63) is 29.8 Å². The van der Waals surface area contributed by atoms with E-state index in [0.717, 1.165) is 12.0 Å². The zero-order valence-electron chi connectivity index (χ0n) is 12.5. The van der Waals surface area contributed by atoms with E-state index in [0.29, 0.717) is 18.7 Å². The van der Waals surface area contributed by atoms with Gasteiger partial charge in [0.05, 0.1) is 5.92 Å². The maximum atomic E-state index is 12.8. The van der Waals surface area contributed by atoms with Crippen molar-refractivity contribution in [2.45, 2.75) is 51.4 Å². The summed E-state index contributed by atoms with van der Waals surface area (Å²) in [5.41, 5.74) is 1.70. The predicted molar refractivity (Wildman–Crippen MR) is 79.4 cm³/mol. The van der Waals surface area contributed by atoms with E-state index in [2.05, 4.69) is 10.6 Å². The molecule has 6 heteroatoms. The highest BCUT2D eigenvalue weighted by Crippen LogP contribution is 2.37. The van der Waals surface area contributed by atoms with Crippen molar-refractivity contribution in [3.8, 4) is 0 Å². The smallest absolute Gasteiger partial charge is 0.326 e. The van der Waals surface area contributed by atoms with Gasteiger partial charge in [-0.2, -0.15) is 13.2 Å². The zero-order valence-corrected chi connectivity index (χ0v) is 12.5. The van der Waals surface area contributed by atoms with Crippen LogP contribution in [-0.4, -0.2) is 18.1 Å². The van der Waals surface area contributed by atoms with Gasteiger partial charge in [-0.05, 0) is 37.0 Å². The summed E-state index contributed by atoms with van der Waals surface area (Å²) in [4.78, 5) is 10.9. The first-order valence-corrected chi connectivity index (χ1v) is 7.51. The predicted octanol–water partition coefficient (Wildman–Crippen LogP) is 3.86. The van der Waals surface area contributed by atoms with Crippen LogP contribution in [0.2, 0.25) is 0 Å². The van der Waals surface area contributed by atoms with Crippen LogP contribution in [0.1, 0.15) is 38.2 Å². The van der Waals surface area contributed by atoms with Gasteiger partial charge in [0.2, 0.25) is 5.91 Å². The molecule has 2 N–H and O–H groups in total. The molecule has 122 valence electrons. The Morgan fingerprint density at radius 1 is 1.23 bits per heavy atom. The van der Waals surface area contributed by atoms with Gasteiger partial charge < -0.3 is 10.6 Å². The molecule has 0 aromatic heterocycles. The molecule has 1 fully saturated rings. The van der Waals surface area contributed by atoms with E-state index in [9.17, 15) is 18.0 Å². The lowest BCUT2D eigenvalue weighted by Crippen LogP contribution is -2.38. The molecule has 0 bridgehead atoms. The van der Waals surface area contributed by atoms with Crippen molar-refractivity contribution in [1.82, 2.24) is 5.32 Å². The SMILES string of the molecule is CC(=O)Nc1ccc(CN[C@H]2CCC[C@@H](C(F)(F)F)C2)cc1. The third-order valence-corrected chi connectivity index (χ3v) is 4.01. The van der Waals surface area contributed by atoms with Crippen LogP contribution in [0.15, 0.2) is 24.3 Å². The second-order valence-electron chi connectivity index (χ2n) is 5.86. The Hall–Kier alpha value is -1.56. The van der Waals surface area contributed by atoms with Crippen molar-refractivity contribution < 1.29 is 18.0 Å². The Balaban J connectivity index is 1.83. The lowest BCUT2D eigenvalue weighted by molar-refractivity contribution is -0.183. The van der Waals surface area contributed by atoms with Gasteiger partial charge >= 0.3 is 6.18 Å². The minimum absolute atomic E-state index is 0.0876. The Kier molecular flexibility index (Phi) is 5.45. The molecule has 3 nitrogen and oxygen atoms in total. The van der Waals surface area contributed by atoms with Crippen molar-refractivity contribution >= 4 is 11.6 Å². The van der Waals surface area contributed by atoms with Gasteiger partial charge in [-0.3, -0.25) is 4.79 Å². The van der Waals surface area contributed by atoms with Crippen LogP contribution in [0.3, 0.4) is 0 Å². The first kappa shape index (κ1) is 16.8. The number of hydrogen-bond donors (Lipinski definition) is 2. The summed E-state index contributed by atoms with van der Waals surface area (Å²) < 4.78 is 38.3. The minimum Gasteiger partial charge on any atom is -0.326 e. The van der Waals surface area contributed by atoms with Gasteiger partial charge in [0.25, 0.3) is 0 Å². The number of anilines is 1. The van der Waals surface area contributed by atoms with E-state index >= 15 is 0 Å². The van der Waals surface area contributed by atoms with Crippen molar-refractivity contribution in [2.75, 3.05) is 5.32 Å². The molecule has 1 amide bonds. The van der Waals surface area contributed by atoms with Crippen molar-refractivity contribution in [2.24, 2.45) is 5.92 Å². The second kappa shape index (κ2) is 7.13. The van der Waals surface area contributed by atoms with Crippen LogP contribution < -0.4 is 10.6 Å². The number of amides is 1. The molecular formula is C16H21F3N2O. The highest BCUT2D eigenvalue weighted by atomic mass is 19.4. The summed E-state index contributed by atoms with van der Waals surface area (Å²) in [6, 6.07) is 7.22. The highest BCUT2D eigenvalue weighted by Gasteiger charge is 2.41. The lowest BCUT2D eigenvalue weighted by atomic mass is 9.85. The Bertz CT molecular complexity index is 499. The van der Waals surface area contributed by atoms with Gasteiger partial charge in [-0.15, -0.1) is 0 Å². The monoisotopic (exact) mass is 314 g/mol. The van der Waals surface area contributed by atoms with E-state index in [4.69, 9.17) is 0 Å². The topological polar surface area (TPSA) is 41.1 Å². The Morgan fingerprint density at radius 2 is 1.91 bits per heavy atom. The molecule has 1 aliphatic rings. The average molecular weight is 314 g/mol. The summed E-state index contributed by atoms with van der Waals surface area (Å²) >= 11 is 0. The number of halogens is 3. The van der Waals surface area contributed by atoms with Crippen LogP contribution in [0, 0.1) is 5.92 Å². The van der Waals surface area contributed by atoms with Crippen LogP contribution >= 0.6 is 0 Å². The third kappa shape index (κ3) is 5.02. The number of rotatable bonds is 4. The molecule has 1 saturated carbocycles. The van der Waals surface area contributed by atoms with Gasteiger partial charge in [-0.1, -0.05) is 18.6 Å². The number of benzene rings is 1. The maximum absolute atomic E-state index is 12.8. The number of nitrogens with one attached hydrogen (secondary N) is 2. The average Bonchev–Trinajstić information content (AvgIpc) is 2.45. The van der Waals surface area contributed by atoms with E-state index in [1.54, 1.807) is 12.1 Å². The van der Waals surface area contributed by atoms with Gasteiger partial charge in [0.15, 0.2) is 0 Å². The first-order chi connectivity index (χ1) is 10.3. The quantitative estimate of drug-likeness (QED) is 0.886. The number of alkyl halides is 3. The fourth-order valence-corrected chi connectivity index (χ4v) is 2.84. The maximum Gasteiger partial charge on any atom is 0.391 e. The van der Waals surface area contributed by atoms with Crippen LogP contribution in [-0.2, 0) is 11.3 Å². The van der Waals surface area contributed by atoms with E-state index in [1.165, 1.54) is 6.92 Å². The summed E-state index contributed by atoms with van der Waals surface area (Å²) in [5, 5.41) is 5.89. The highest BCUT2D eigenvalue weighted by molar-refractivity contribution is 5.88. The van der Waals surface area contributed by atoms with Gasteiger partial charge in [0, 0.05) is 25.2 Å². The van der Waals surface area contributed by atoms with Crippen LogP contribution in [0.4, 0.5) is 18.9 Å². The molecule has 1 aromatic carbocycles. The standard InChI is InChI=1S/C16H21F3N2O/c1-11(22)21-14-7-5-12(6-8-14)10-20-15-4-2-3-13(9-15)16(17,18)19/h5-8,13,15,20H,2-4,9-10H2,1H3,(H,21,22)/t13-,15+/m1/s1. The van der Waals surface area contributed by atoms with Crippen molar-refractivity contribution in [1.29, 1.82) is 0 Å². The van der Waals surface area contributed by atoms with Gasteiger partial charge in [0.1, 0.15) is 0 Å². The summed E-state index contributed by atoms with van der Waals surface area (Å²) in [5.74, 6) is -1.31. The summed E-state index contributed by atoms with van der Waals surface area (Å²) in [7, 11) is 0. The molecular weight excluding hydrogens is 293 g/mol. The van der Waals surface area contributed by atoms with E-state index < -0.39 is 12.1 Å². The van der Waals surface area contributed by atoms with Crippen molar-refractivity contribution in [3.63, 3.8) is 0 Å². The molecule has 2 rings (SSSR count). The Morgan fingerprint density at radius 3 is 2.50 bits per heavy atom. The molecule has 0 heterocycles. The molecule has 0 aliphatic heterocycles. The molecule has 1 aromatic rings. The van der Waals surface area contributed by atoms with Crippen LogP contribution in [0.5, 0.6) is 0 Å². The molecule has 0 radical (unpaired) electrons. The normalized spacial score (nSPS) is 22.4. The molecule has 0 saturated heterocycles. The molecule has 22 heavy (non-hydrogen) atoms. The molecule has 2 atom stereocenters. The third-order valence-electron chi connectivity index (χ3n) is 4.01. The fourth-order valence-electron chi connectivity index (χ4n) is 2.84. The van der Waals surface area contributed by atoms with E-state index in [1.807, 2.05) is 12.1 Å². The summed E-state index contributed by atoms with van der Waals surface area (Å²) in [6.45, 7) is 1.98. The minimum atomic E-state index is -4.08. The first-order valence-electron chi connectivity index (χ1n) is 7.51.